The minimum atomic E-state index is -0.585. The van der Waals surface area contributed by atoms with E-state index in [0.29, 0.717) is 11.8 Å². The lowest BCUT2D eigenvalue weighted by Crippen LogP contribution is -2.45. The van der Waals surface area contributed by atoms with E-state index in [0.717, 1.165) is 42.2 Å². The van der Waals surface area contributed by atoms with Gasteiger partial charge in [-0.1, -0.05) is 26.7 Å². The summed E-state index contributed by atoms with van der Waals surface area (Å²) in [5, 5.41) is 13.7. The number of pyridine rings is 1. The summed E-state index contributed by atoms with van der Waals surface area (Å²) < 4.78 is 1.07. The van der Waals surface area contributed by atoms with Crippen molar-refractivity contribution in [3.05, 3.63) is 38.8 Å². The van der Waals surface area contributed by atoms with E-state index in [-0.39, 0.29) is 24.2 Å². The second-order valence-electron chi connectivity index (χ2n) is 6.05. The van der Waals surface area contributed by atoms with E-state index in [4.69, 9.17) is 0 Å². The molecule has 7 heteroatoms. The molecule has 22 heavy (non-hydrogen) atoms. The highest BCUT2D eigenvalue weighted by Gasteiger charge is 2.28. The van der Waals surface area contributed by atoms with Crippen LogP contribution in [-0.4, -0.2) is 21.4 Å². The van der Waals surface area contributed by atoms with Crippen molar-refractivity contribution < 1.29 is 9.72 Å². The fourth-order valence-electron chi connectivity index (χ4n) is 2.94. The maximum Gasteiger partial charge on any atom is 0.285 e. The lowest BCUT2D eigenvalue weighted by molar-refractivity contribution is -0.385. The zero-order chi connectivity index (χ0) is 16.3. The van der Waals surface area contributed by atoms with Gasteiger partial charge in [0.1, 0.15) is 6.54 Å². The maximum atomic E-state index is 12.1. The predicted octanol–water partition coefficient (Wildman–Crippen LogP) is 1.70. The van der Waals surface area contributed by atoms with E-state index >= 15 is 0 Å². The van der Waals surface area contributed by atoms with E-state index < -0.39 is 10.5 Å². The van der Waals surface area contributed by atoms with Crippen LogP contribution in [0.3, 0.4) is 0 Å². The molecule has 0 spiro atoms. The van der Waals surface area contributed by atoms with Crippen LogP contribution in [-0.2, 0) is 11.3 Å². The van der Waals surface area contributed by atoms with E-state index in [1.165, 1.54) is 0 Å². The van der Waals surface area contributed by atoms with Crippen molar-refractivity contribution >= 4 is 11.6 Å². The van der Waals surface area contributed by atoms with Crippen molar-refractivity contribution in [2.24, 2.45) is 11.8 Å². The van der Waals surface area contributed by atoms with Crippen molar-refractivity contribution in [3.8, 4) is 0 Å². The first kappa shape index (κ1) is 16.2. The van der Waals surface area contributed by atoms with Gasteiger partial charge in [0.15, 0.2) is 0 Å². The van der Waals surface area contributed by atoms with Crippen LogP contribution >= 0.6 is 0 Å². The second kappa shape index (κ2) is 6.72. The Bertz CT molecular complexity index is 625. The summed E-state index contributed by atoms with van der Waals surface area (Å²) in [7, 11) is 0. The van der Waals surface area contributed by atoms with Gasteiger partial charge < -0.3 is 5.32 Å². The first-order valence-electron chi connectivity index (χ1n) is 7.52. The Morgan fingerprint density at radius 3 is 2.82 bits per heavy atom. The molecule has 1 amide bonds. The Labute approximate surface area is 128 Å². The third-order valence-electron chi connectivity index (χ3n) is 4.55. The number of rotatable bonds is 4. The third kappa shape index (κ3) is 3.72. The predicted molar refractivity (Wildman–Crippen MR) is 81.5 cm³/mol. The molecule has 120 valence electrons. The Morgan fingerprint density at radius 1 is 1.41 bits per heavy atom. The van der Waals surface area contributed by atoms with Crippen LogP contribution in [0.4, 0.5) is 5.69 Å². The number of amides is 1. The van der Waals surface area contributed by atoms with Gasteiger partial charge in [0.25, 0.3) is 11.2 Å². The fourth-order valence-corrected chi connectivity index (χ4v) is 2.94. The Kier molecular flexibility index (Phi) is 4.95. The first-order chi connectivity index (χ1) is 10.4. The highest BCUT2D eigenvalue weighted by molar-refractivity contribution is 5.76. The summed E-state index contributed by atoms with van der Waals surface area (Å²) in [6, 6.07) is 2.35. The normalized spacial score (nSPS) is 24.7. The van der Waals surface area contributed by atoms with Gasteiger partial charge in [-0.3, -0.25) is 24.3 Å². The Balaban J connectivity index is 2.04. The molecule has 1 aromatic heterocycles. The van der Waals surface area contributed by atoms with Gasteiger partial charge in [-0.2, -0.15) is 0 Å². The number of nitrogens with one attached hydrogen (secondary N) is 1. The highest BCUT2D eigenvalue weighted by atomic mass is 16.6. The second-order valence-corrected chi connectivity index (χ2v) is 6.05. The molecule has 0 saturated heterocycles. The largest absolute Gasteiger partial charge is 0.352 e. The van der Waals surface area contributed by atoms with Crippen molar-refractivity contribution in [2.45, 2.75) is 45.7 Å². The molecule has 1 aliphatic carbocycles. The summed E-state index contributed by atoms with van der Waals surface area (Å²) in [6.45, 7) is 4.10. The molecule has 1 N–H and O–H groups in total. The van der Waals surface area contributed by atoms with Crippen LogP contribution in [0.15, 0.2) is 23.1 Å². The molecule has 7 nitrogen and oxygen atoms in total. The maximum absolute atomic E-state index is 12.1. The number of aromatic nitrogens is 1. The quantitative estimate of drug-likeness (QED) is 0.676. The van der Waals surface area contributed by atoms with Gasteiger partial charge in [0, 0.05) is 18.2 Å². The molecule has 1 aliphatic rings. The molecule has 0 radical (unpaired) electrons. The molecule has 0 aliphatic heterocycles. The fraction of sp³-hybridized carbons (Fsp3) is 0.600. The van der Waals surface area contributed by atoms with E-state index in [1.807, 2.05) is 0 Å². The van der Waals surface area contributed by atoms with Gasteiger partial charge in [-0.15, -0.1) is 0 Å². The average molecular weight is 307 g/mol. The molecule has 1 heterocycles. The minimum Gasteiger partial charge on any atom is -0.352 e. The van der Waals surface area contributed by atoms with E-state index in [1.54, 1.807) is 0 Å². The molecule has 1 fully saturated rings. The lowest BCUT2D eigenvalue weighted by Gasteiger charge is -2.34. The van der Waals surface area contributed by atoms with Gasteiger partial charge >= 0.3 is 0 Å². The molecule has 0 aromatic carbocycles. The number of carbonyl (C=O) groups is 1. The monoisotopic (exact) mass is 307 g/mol. The van der Waals surface area contributed by atoms with Crippen molar-refractivity contribution in [3.63, 3.8) is 0 Å². The zero-order valence-corrected chi connectivity index (χ0v) is 12.8. The summed E-state index contributed by atoms with van der Waals surface area (Å²) in [5.41, 5.74) is -0.627. The molecule has 3 atom stereocenters. The number of hydrogen-bond donors (Lipinski definition) is 1. The summed E-state index contributed by atoms with van der Waals surface area (Å²) in [4.78, 5) is 34.0. The Morgan fingerprint density at radius 2 is 2.14 bits per heavy atom. The molecule has 0 bridgehead atoms. The molecular weight excluding hydrogens is 286 g/mol. The summed E-state index contributed by atoms with van der Waals surface area (Å²) in [6.07, 6.45) is 4.28. The van der Waals surface area contributed by atoms with Crippen molar-refractivity contribution in [1.82, 2.24) is 9.88 Å². The molecule has 1 saturated carbocycles. The number of hydrogen-bond acceptors (Lipinski definition) is 4. The highest BCUT2D eigenvalue weighted by Crippen LogP contribution is 2.29. The Hall–Kier alpha value is -2.18. The minimum absolute atomic E-state index is 0.102. The van der Waals surface area contributed by atoms with Gasteiger partial charge in [0.05, 0.1) is 11.1 Å². The molecule has 0 unspecified atom stereocenters. The third-order valence-corrected chi connectivity index (χ3v) is 4.55. The van der Waals surface area contributed by atoms with Gasteiger partial charge in [-0.25, -0.2) is 0 Å². The van der Waals surface area contributed by atoms with Crippen molar-refractivity contribution in [1.29, 1.82) is 0 Å². The van der Waals surface area contributed by atoms with Crippen LogP contribution in [0.1, 0.15) is 33.1 Å². The number of carbonyl (C=O) groups excluding carboxylic acids is 1. The van der Waals surface area contributed by atoms with Crippen LogP contribution in [0.25, 0.3) is 0 Å². The standard InChI is InChI=1S/C15H21N3O4/c1-10-4-3-5-13(11(10)2)16-14(19)9-17-8-12(18(21)22)6-7-15(17)20/h6-8,10-11,13H,3-5,9H2,1-2H3,(H,16,19)/t10-,11+,13+/m1/s1. The topological polar surface area (TPSA) is 94.2 Å². The van der Waals surface area contributed by atoms with Gasteiger partial charge in [-0.05, 0) is 18.3 Å². The zero-order valence-electron chi connectivity index (χ0n) is 12.8. The summed E-state index contributed by atoms with van der Waals surface area (Å²) >= 11 is 0. The lowest BCUT2D eigenvalue weighted by atomic mass is 9.78. The SMILES string of the molecule is C[C@H]1[C@H](C)CCC[C@@H]1NC(=O)Cn1cc([N+](=O)[O-])ccc1=O. The average Bonchev–Trinajstić information content (AvgIpc) is 2.46. The van der Waals surface area contributed by atoms with Gasteiger partial charge in [0.2, 0.25) is 5.91 Å². The van der Waals surface area contributed by atoms with Crippen LogP contribution in [0.2, 0.25) is 0 Å². The van der Waals surface area contributed by atoms with Crippen LogP contribution in [0, 0.1) is 22.0 Å². The number of nitrogens with zero attached hydrogens (tertiary/aromatic N) is 2. The van der Waals surface area contributed by atoms with Crippen molar-refractivity contribution in [2.75, 3.05) is 0 Å². The molecule has 1 aromatic rings. The number of nitro groups is 1. The molecular formula is C15H21N3O4. The van der Waals surface area contributed by atoms with Crippen LogP contribution in [0.5, 0.6) is 0 Å². The smallest absolute Gasteiger partial charge is 0.285 e. The van der Waals surface area contributed by atoms with E-state index in [2.05, 4.69) is 19.2 Å². The molecule has 2 rings (SSSR count). The summed E-state index contributed by atoms with van der Waals surface area (Å²) in [5.74, 6) is 0.660. The van der Waals surface area contributed by atoms with E-state index in [9.17, 15) is 19.7 Å². The first-order valence-corrected chi connectivity index (χ1v) is 7.52. The van der Waals surface area contributed by atoms with Crippen LogP contribution < -0.4 is 10.9 Å².